The first-order chi connectivity index (χ1) is 10.4. The molecule has 1 aromatic rings. The first kappa shape index (κ1) is 14.5. The largest absolute Gasteiger partial charge is 0.508 e. The van der Waals surface area contributed by atoms with E-state index >= 15 is 0 Å². The van der Waals surface area contributed by atoms with E-state index in [4.69, 9.17) is 0 Å². The van der Waals surface area contributed by atoms with Crippen LogP contribution in [0, 0.1) is 23.2 Å². The fourth-order valence-corrected chi connectivity index (χ4v) is 6.06. The summed E-state index contributed by atoms with van der Waals surface area (Å²) in [5, 5.41) is 32.3. The molecule has 0 unspecified atom stereocenters. The molecule has 22 heavy (non-hydrogen) atoms. The molecule has 0 aliphatic heterocycles. The Bertz CT molecular complexity index is 613. The highest BCUT2D eigenvalue weighted by Crippen LogP contribution is 2.63. The molecule has 2 saturated carbocycles. The second kappa shape index (κ2) is 4.48. The minimum Gasteiger partial charge on any atom is -0.508 e. The SMILES string of the molecule is C[C@@H]1Cc2cc(O)ccc2[C@]2(O)[C@@H]1[C@@H]1CCC[C@@]1(C)C[C@@H]2[17OH]. The van der Waals surface area contributed by atoms with Gasteiger partial charge in [-0.15, -0.1) is 0 Å². The van der Waals surface area contributed by atoms with Gasteiger partial charge in [-0.2, -0.15) is 0 Å². The molecule has 0 heterocycles. The molecule has 1 aromatic carbocycles. The van der Waals surface area contributed by atoms with Crippen molar-refractivity contribution in [2.75, 3.05) is 0 Å². The minimum absolute atomic E-state index is 0.112. The van der Waals surface area contributed by atoms with Gasteiger partial charge in [-0.3, -0.25) is 0 Å². The smallest absolute Gasteiger partial charge is 0.119 e. The molecule has 0 saturated heterocycles. The van der Waals surface area contributed by atoms with E-state index in [1.165, 1.54) is 6.42 Å². The number of phenols is 1. The van der Waals surface area contributed by atoms with Crippen LogP contribution in [0.3, 0.4) is 0 Å². The molecule has 6 atom stereocenters. The molecule has 0 radical (unpaired) electrons. The molecule has 4 rings (SSSR count). The van der Waals surface area contributed by atoms with Crippen molar-refractivity contribution in [3.8, 4) is 5.75 Å². The number of fused-ring (bicyclic) bond motifs is 5. The summed E-state index contributed by atoms with van der Waals surface area (Å²) in [5.41, 5.74) is 0.843. The molecule has 0 spiro atoms. The quantitative estimate of drug-likeness (QED) is 0.690. The van der Waals surface area contributed by atoms with Gasteiger partial charge in [-0.25, -0.2) is 0 Å². The number of rotatable bonds is 0. The number of aromatic hydroxyl groups is 1. The molecule has 3 heteroatoms. The lowest BCUT2D eigenvalue weighted by atomic mass is 9.50. The third-order valence-corrected chi connectivity index (χ3v) is 6.94. The Labute approximate surface area is 132 Å². The summed E-state index contributed by atoms with van der Waals surface area (Å²) in [6.45, 7) is 4.49. The van der Waals surface area contributed by atoms with E-state index in [0.29, 0.717) is 18.3 Å². The Morgan fingerprint density at radius 3 is 2.86 bits per heavy atom. The number of benzene rings is 1. The van der Waals surface area contributed by atoms with E-state index in [0.717, 1.165) is 30.4 Å². The minimum atomic E-state index is -1.16. The third kappa shape index (κ3) is 1.70. The monoisotopic (exact) mass is 303 g/mol. The first-order valence-electron chi connectivity index (χ1n) is 8.59. The zero-order chi connectivity index (χ0) is 15.7. The molecule has 2 fully saturated rings. The Morgan fingerprint density at radius 1 is 1.32 bits per heavy atom. The van der Waals surface area contributed by atoms with Crippen molar-refractivity contribution in [2.45, 2.75) is 57.7 Å². The Morgan fingerprint density at radius 2 is 2.09 bits per heavy atom. The van der Waals surface area contributed by atoms with Gasteiger partial charge in [-0.05, 0) is 66.2 Å². The average Bonchev–Trinajstić information content (AvgIpc) is 2.79. The molecule has 120 valence electrons. The lowest BCUT2D eigenvalue weighted by Gasteiger charge is -2.58. The molecular formula is C19H26O3. The van der Waals surface area contributed by atoms with Crippen LogP contribution in [0.15, 0.2) is 18.2 Å². The predicted molar refractivity (Wildman–Crippen MR) is 84.4 cm³/mol. The third-order valence-electron chi connectivity index (χ3n) is 6.94. The normalized spacial score (nSPS) is 46.7. The van der Waals surface area contributed by atoms with Gasteiger partial charge in [0.25, 0.3) is 0 Å². The molecule has 0 amide bonds. The second-order valence-corrected chi connectivity index (χ2v) is 8.25. The molecule has 0 aromatic heterocycles. The van der Waals surface area contributed by atoms with Gasteiger partial charge in [-0.1, -0.05) is 26.3 Å². The van der Waals surface area contributed by atoms with E-state index in [1.54, 1.807) is 12.1 Å². The van der Waals surface area contributed by atoms with Gasteiger partial charge >= 0.3 is 0 Å². The van der Waals surface area contributed by atoms with Gasteiger partial charge in [0.2, 0.25) is 0 Å². The summed E-state index contributed by atoms with van der Waals surface area (Å²) in [4.78, 5) is 0. The highest BCUT2D eigenvalue weighted by Gasteiger charge is 2.62. The second-order valence-electron chi connectivity index (χ2n) is 8.25. The number of hydrogen-bond acceptors (Lipinski definition) is 3. The summed E-state index contributed by atoms with van der Waals surface area (Å²) in [6, 6.07) is 5.22. The van der Waals surface area contributed by atoms with Crippen LogP contribution < -0.4 is 0 Å². The summed E-state index contributed by atoms with van der Waals surface area (Å²) >= 11 is 0. The molecule has 3 aliphatic carbocycles. The molecule has 3 aliphatic rings. The highest BCUT2D eigenvalue weighted by molar-refractivity contribution is 5.43. The fourth-order valence-electron chi connectivity index (χ4n) is 6.06. The topological polar surface area (TPSA) is 60.7 Å². The maximum atomic E-state index is 11.6. The van der Waals surface area contributed by atoms with Crippen molar-refractivity contribution in [1.82, 2.24) is 0 Å². The van der Waals surface area contributed by atoms with Crippen LogP contribution in [0.4, 0.5) is 0 Å². The molecular weight excluding hydrogens is 277 g/mol. The summed E-state index contributed by atoms with van der Waals surface area (Å²) in [7, 11) is 0. The van der Waals surface area contributed by atoms with E-state index in [-0.39, 0.29) is 17.1 Å². The van der Waals surface area contributed by atoms with E-state index in [2.05, 4.69) is 13.8 Å². The Balaban J connectivity index is 1.89. The summed E-state index contributed by atoms with van der Waals surface area (Å²) in [6.07, 6.45) is 4.36. The van der Waals surface area contributed by atoms with Gasteiger partial charge in [0.05, 0.1) is 6.10 Å². The van der Waals surface area contributed by atoms with Crippen LogP contribution in [0.5, 0.6) is 5.75 Å². The number of aliphatic hydroxyl groups is 2. The number of phenolic OH excluding ortho intramolecular Hbond substituents is 1. The number of hydrogen-bond donors (Lipinski definition) is 3. The van der Waals surface area contributed by atoms with Crippen LogP contribution in [0.1, 0.15) is 50.7 Å². The first-order valence-corrected chi connectivity index (χ1v) is 8.59. The molecule has 3 nitrogen and oxygen atoms in total. The van der Waals surface area contributed by atoms with Crippen LogP contribution in [-0.4, -0.2) is 21.4 Å². The van der Waals surface area contributed by atoms with Gasteiger partial charge in [0.1, 0.15) is 11.4 Å². The maximum Gasteiger partial charge on any atom is 0.119 e. The summed E-state index contributed by atoms with van der Waals surface area (Å²) < 4.78 is 0. The van der Waals surface area contributed by atoms with E-state index in [1.807, 2.05) is 6.07 Å². The van der Waals surface area contributed by atoms with Crippen molar-refractivity contribution >= 4 is 0 Å². The summed E-state index contributed by atoms with van der Waals surface area (Å²) in [5.74, 6) is 1.15. The maximum absolute atomic E-state index is 11.6. The van der Waals surface area contributed by atoms with Crippen LogP contribution in [-0.2, 0) is 12.0 Å². The van der Waals surface area contributed by atoms with Gasteiger partial charge in [0, 0.05) is 5.92 Å². The average molecular weight is 303 g/mol. The van der Waals surface area contributed by atoms with Crippen molar-refractivity contribution in [2.24, 2.45) is 23.2 Å². The zero-order valence-electron chi connectivity index (χ0n) is 13.4. The van der Waals surface area contributed by atoms with Crippen molar-refractivity contribution in [1.29, 1.82) is 0 Å². The van der Waals surface area contributed by atoms with Crippen LogP contribution >= 0.6 is 0 Å². The van der Waals surface area contributed by atoms with Crippen LogP contribution in [0.2, 0.25) is 0 Å². The zero-order valence-corrected chi connectivity index (χ0v) is 13.4. The standard InChI is InChI=1S/C19H26O3/c1-11-8-12-9-13(20)5-6-14(12)19(22)16(21)10-18(2)7-3-4-15(18)17(11)19/h5-6,9,11,15-17,20-22H,3-4,7-8,10H2,1-2H3/t11-,15+,16+,17+,18+,19-/m1/s1/i21+1. The highest BCUT2D eigenvalue weighted by atomic mass is 17.2. The molecule has 0 bridgehead atoms. The van der Waals surface area contributed by atoms with Crippen molar-refractivity contribution in [3.63, 3.8) is 0 Å². The lowest BCUT2D eigenvalue weighted by Crippen LogP contribution is -2.61. The van der Waals surface area contributed by atoms with Gasteiger partial charge < -0.3 is 15.3 Å². The Kier molecular flexibility index (Phi) is 2.96. The number of aliphatic hydroxyl groups excluding tert-OH is 1. The van der Waals surface area contributed by atoms with Crippen LogP contribution in [0.25, 0.3) is 0 Å². The van der Waals surface area contributed by atoms with E-state index < -0.39 is 11.7 Å². The Hall–Kier alpha value is -1.06. The van der Waals surface area contributed by atoms with Crippen molar-refractivity contribution < 1.29 is 15.3 Å². The fraction of sp³-hybridized carbons (Fsp3) is 0.684. The lowest BCUT2D eigenvalue weighted by molar-refractivity contribution is -0.209. The van der Waals surface area contributed by atoms with E-state index in [9.17, 15) is 15.3 Å². The van der Waals surface area contributed by atoms with Gasteiger partial charge in [0.15, 0.2) is 0 Å². The predicted octanol–water partition coefficient (Wildman–Crippen LogP) is 2.96. The van der Waals surface area contributed by atoms with Crippen molar-refractivity contribution in [3.05, 3.63) is 29.3 Å². The molecule has 3 N–H and O–H groups in total.